The van der Waals surface area contributed by atoms with E-state index in [9.17, 15) is 9.59 Å². The van der Waals surface area contributed by atoms with Crippen LogP contribution in [0.3, 0.4) is 0 Å². The molecule has 0 radical (unpaired) electrons. The zero-order valence-corrected chi connectivity index (χ0v) is 16.3. The van der Waals surface area contributed by atoms with Crippen LogP contribution in [0.25, 0.3) is 16.7 Å². The van der Waals surface area contributed by atoms with Crippen LogP contribution >= 0.6 is 0 Å². The van der Waals surface area contributed by atoms with Crippen molar-refractivity contribution < 1.29 is 4.79 Å². The Morgan fingerprint density at radius 2 is 1.90 bits per heavy atom. The fraction of sp³-hybridized carbons (Fsp3) is 0.182. The van der Waals surface area contributed by atoms with E-state index in [1.807, 2.05) is 62.4 Å². The molecule has 2 N–H and O–H groups in total. The number of anilines is 1. The van der Waals surface area contributed by atoms with Crippen molar-refractivity contribution in [2.24, 2.45) is 0 Å². The number of H-pyrrole nitrogens is 1. The lowest BCUT2D eigenvalue weighted by atomic mass is 10.1. The van der Waals surface area contributed by atoms with Crippen molar-refractivity contribution in [1.29, 1.82) is 0 Å². The van der Waals surface area contributed by atoms with E-state index >= 15 is 0 Å². The lowest BCUT2D eigenvalue weighted by molar-refractivity contribution is -0.116. The second-order valence-corrected chi connectivity index (χ2v) is 6.94. The third kappa shape index (κ3) is 3.80. The standard InChI is InChI=1S/C22H21N5O2/c1-14-7-6-10-18(15(14)2)24-20(28)12-11-19-25-21-17(22(29)26-19)13-23-27(21)16-8-4-3-5-9-16/h3-10,13H,11-12H2,1-2H3,(H,24,28)(H,25,26,29). The molecule has 0 saturated heterocycles. The van der Waals surface area contributed by atoms with Gasteiger partial charge in [-0.05, 0) is 43.2 Å². The zero-order valence-electron chi connectivity index (χ0n) is 16.3. The molecule has 0 atom stereocenters. The normalized spacial score (nSPS) is 11.0. The average molecular weight is 387 g/mol. The van der Waals surface area contributed by atoms with E-state index in [4.69, 9.17) is 0 Å². The van der Waals surface area contributed by atoms with Gasteiger partial charge in [0.25, 0.3) is 5.56 Å². The Bertz CT molecular complexity index is 1240. The van der Waals surface area contributed by atoms with Gasteiger partial charge >= 0.3 is 0 Å². The van der Waals surface area contributed by atoms with Gasteiger partial charge in [0.15, 0.2) is 5.65 Å². The van der Waals surface area contributed by atoms with Crippen molar-refractivity contribution in [3.63, 3.8) is 0 Å². The van der Waals surface area contributed by atoms with E-state index in [1.165, 1.54) is 6.20 Å². The molecule has 2 aromatic heterocycles. The first kappa shape index (κ1) is 18.6. The number of hydrogen-bond acceptors (Lipinski definition) is 4. The van der Waals surface area contributed by atoms with Crippen LogP contribution in [0.5, 0.6) is 0 Å². The summed E-state index contributed by atoms with van der Waals surface area (Å²) >= 11 is 0. The maximum Gasteiger partial charge on any atom is 0.262 e. The first-order chi connectivity index (χ1) is 14.0. The molecule has 7 nitrogen and oxygen atoms in total. The van der Waals surface area contributed by atoms with Gasteiger partial charge in [-0.3, -0.25) is 9.59 Å². The summed E-state index contributed by atoms with van der Waals surface area (Å²) < 4.78 is 1.63. The van der Waals surface area contributed by atoms with Gasteiger partial charge in [-0.2, -0.15) is 5.10 Å². The minimum absolute atomic E-state index is 0.127. The molecule has 0 unspecified atom stereocenters. The molecule has 0 aliphatic carbocycles. The minimum atomic E-state index is -0.262. The van der Waals surface area contributed by atoms with Gasteiger partial charge in [-0.1, -0.05) is 30.3 Å². The van der Waals surface area contributed by atoms with Crippen molar-refractivity contribution in [2.75, 3.05) is 5.32 Å². The molecule has 2 heterocycles. The number of para-hydroxylation sites is 1. The molecule has 29 heavy (non-hydrogen) atoms. The number of nitrogens with one attached hydrogen (secondary N) is 2. The molecule has 1 amide bonds. The van der Waals surface area contributed by atoms with Gasteiger partial charge in [0.1, 0.15) is 11.2 Å². The molecule has 0 aliphatic rings. The first-order valence-electron chi connectivity index (χ1n) is 9.41. The number of nitrogens with zero attached hydrogens (tertiary/aromatic N) is 3. The largest absolute Gasteiger partial charge is 0.326 e. The van der Waals surface area contributed by atoms with E-state index in [0.717, 1.165) is 22.5 Å². The average Bonchev–Trinajstić information content (AvgIpc) is 3.15. The summed E-state index contributed by atoms with van der Waals surface area (Å²) in [5.41, 5.74) is 3.99. The molecule has 0 bridgehead atoms. The first-order valence-corrected chi connectivity index (χ1v) is 9.41. The molecule has 0 fully saturated rings. The Hall–Kier alpha value is -3.74. The number of aryl methyl sites for hydroxylation is 2. The molecule has 0 spiro atoms. The van der Waals surface area contributed by atoms with E-state index < -0.39 is 0 Å². The molecular formula is C22H21N5O2. The Kier molecular flexibility index (Phi) is 4.95. The fourth-order valence-electron chi connectivity index (χ4n) is 3.17. The van der Waals surface area contributed by atoms with E-state index in [1.54, 1.807) is 4.68 Å². The van der Waals surface area contributed by atoms with Crippen LogP contribution < -0.4 is 10.9 Å². The van der Waals surface area contributed by atoms with Gasteiger partial charge in [-0.15, -0.1) is 0 Å². The molecular weight excluding hydrogens is 366 g/mol. The summed E-state index contributed by atoms with van der Waals surface area (Å²) in [6.45, 7) is 3.98. The summed E-state index contributed by atoms with van der Waals surface area (Å²) in [6, 6.07) is 15.3. The number of hydrogen-bond donors (Lipinski definition) is 2. The van der Waals surface area contributed by atoms with Crippen LogP contribution in [-0.4, -0.2) is 25.7 Å². The third-order valence-corrected chi connectivity index (χ3v) is 4.96. The number of aromatic amines is 1. The van der Waals surface area contributed by atoms with E-state index in [2.05, 4.69) is 20.4 Å². The lowest BCUT2D eigenvalue weighted by Crippen LogP contribution is -2.17. The highest BCUT2D eigenvalue weighted by atomic mass is 16.1. The molecule has 7 heteroatoms. The number of fused-ring (bicyclic) bond motifs is 1. The van der Waals surface area contributed by atoms with Crippen molar-refractivity contribution in [3.05, 3.63) is 82.0 Å². The highest BCUT2D eigenvalue weighted by molar-refractivity contribution is 5.91. The number of amides is 1. The van der Waals surface area contributed by atoms with Crippen LogP contribution in [0.2, 0.25) is 0 Å². The van der Waals surface area contributed by atoms with Crippen LogP contribution in [0.15, 0.2) is 59.5 Å². The highest BCUT2D eigenvalue weighted by Crippen LogP contribution is 2.18. The molecule has 4 aromatic rings. The summed E-state index contributed by atoms with van der Waals surface area (Å²) in [6.07, 6.45) is 2.04. The predicted molar refractivity (Wildman–Crippen MR) is 112 cm³/mol. The van der Waals surface area contributed by atoms with Gasteiger partial charge < -0.3 is 10.3 Å². The lowest BCUT2D eigenvalue weighted by Gasteiger charge is -2.10. The SMILES string of the molecule is Cc1cccc(NC(=O)CCc2nc3c(cnn3-c3ccccc3)c(=O)[nH]2)c1C. The summed E-state index contributed by atoms with van der Waals surface area (Å²) in [5, 5.41) is 7.63. The molecule has 4 rings (SSSR count). The topological polar surface area (TPSA) is 92.7 Å². The highest BCUT2D eigenvalue weighted by Gasteiger charge is 2.13. The van der Waals surface area contributed by atoms with Gasteiger partial charge in [0.2, 0.25) is 5.91 Å². The monoisotopic (exact) mass is 387 g/mol. The molecule has 0 saturated carbocycles. The van der Waals surface area contributed by atoms with Crippen LogP contribution in [0.4, 0.5) is 5.69 Å². The van der Waals surface area contributed by atoms with E-state index in [-0.39, 0.29) is 17.9 Å². The summed E-state index contributed by atoms with van der Waals surface area (Å²) in [7, 11) is 0. The van der Waals surface area contributed by atoms with Crippen molar-refractivity contribution in [2.45, 2.75) is 26.7 Å². The van der Waals surface area contributed by atoms with Crippen LogP contribution in [-0.2, 0) is 11.2 Å². The van der Waals surface area contributed by atoms with Gasteiger partial charge in [0.05, 0.1) is 11.9 Å². The Morgan fingerprint density at radius 1 is 1.10 bits per heavy atom. The van der Waals surface area contributed by atoms with Gasteiger partial charge in [0, 0.05) is 18.5 Å². The smallest absolute Gasteiger partial charge is 0.262 e. The fourth-order valence-corrected chi connectivity index (χ4v) is 3.17. The number of benzene rings is 2. The van der Waals surface area contributed by atoms with Crippen molar-refractivity contribution >= 4 is 22.6 Å². The Morgan fingerprint density at radius 3 is 2.69 bits per heavy atom. The predicted octanol–water partition coefficient (Wildman–Crippen LogP) is 3.30. The second-order valence-electron chi connectivity index (χ2n) is 6.94. The molecule has 2 aromatic carbocycles. The zero-order chi connectivity index (χ0) is 20.4. The summed E-state index contributed by atoms with van der Waals surface area (Å²) in [5.74, 6) is 0.328. The number of carbonyl (C=O) groups is 1. The Labute approximate surface area is 167 Å². The summed E-state index contributed by atoms with van der Waals surface area (Å²) in [4.78, 5) is 32.1. The maximum absolute atomic E-state index is 12.4. The number of carbonyl (C=O) groups excluding carboxylic acids is 1. The van der Waals surface area contributed by atoms with Gasteiger partial charge in [-0.25, -0.2) is 9.67 Å². The quantitative estimate of drug-likeness (QED) is 0.550. The third-order valence-electron chi connectivity index (χ3n) is 4.96. The number of aromatic nitrogens is 4. The van der Waals surface area contributed by atoms with Crippen LogP contribution in [0.1, 0.15) is 23.4 Å². The molecule has 146 valence electrons. The number of rotatable bonds is 5. The maximum atomic E-state index is 12.4. The Balaban J connectivity index is 1.54. The molecule has 0 aliphatic heterocycles. The van der Waals surface area contributed by atoms with Crippen LogP contribution in [0, 0.1) is 13.8 Å². The van der Waals surface area contributed by atoms with Crippen molar-refractivity contribution in [1.82, 2.24) is 19.7 Å². The van der Waals surface area contributed by atoms with Crippen molar-refractivity contribution in [3.8, 4) is 5.69 Å². The van der Waals surface area contributed by atoms with E-state index in [0.29, 0.717) is 23.3 Å². The second kappa shape index (κ2) is 7.71. The minimum Gasteiger partial charge on any atom is -0.326 e.